The molecule has 0 saturated carbocycles. The van der Waals surface area contributed by atoms with Crippen LogP contribution in [0.1, 0.15) is 38.3 Å². The number of nitrogens with zero attached hydrogens (tertiary/aromatic N) is 3. The second-order valence-electron chi connectivity index (χ2n) is 6.32. The van der Waals surface area contributed by atoms with E-state index in [9.17, 15) is 4.79 Å². The summed E-state index contributed by atoms with van der Waals surface area (Å²) in [5.41, 5.74) is 1.50. The Morgan fingerprint density at radius 3 is 2.88 bits per heavy atom. The van der Waals surface area contributed by atoms with E-state index in [1.54, 1.807) is 18.7 Å². The summed E-state index contributed by atoms with van der Waals surface area (Å²) in [5, 5.41) is 7.36. The highest BCUT2D eigenvalue weighted by Crippen LogP contribution is 2.40. The van der Waals surface area contributed by atoms with Gasteiger partial charge in [-0.15, -0.1) is 0 Å². The molecule has 0 bridgehead atoms. The fraction of sp³-hybridized carbons (Fsp3) is 0.421. The number of nitrogens with one attached hydrogen (secondary N) is 1. The summed E-state index contributed by atoms with van der Waals surface area (Å²) in [7, 11) is 1.61. The van der Waals surface area contributed by atoms with Crippen molar-refractivity contribution in [2.45, 2.75) is 32.7 Å². The molecule has 26 heavy (non-hydrogen) atoms. The Kier molecular flexibility index (Phi) is 5.25. The van der Waals surface area contributed by atoms with Gasteiger partial charge in [-0.25, -0.2) is 4.68 Å². The van der Waals surface area contributed by atoms with Gasteiger partial charge in [-0.2, -0.15) is 10.1 Å². The topological polar surface area (TPSA) is 78.3 Å². The van der Waals surface area contributed by atoms with Crippen molar-refractivity contribution < 1.29 is 14.3 Å². The minimum atomic E-state index is -0.444. The van der Waals surface area contributed by atoms with Gasteiger partial charge in [0.1, 0.15) is 12.1 Å². The number of methoxy groups -OCH3 is 1. The number of ether oxygens (including phenoxy) is 2. The molecular weight excluding hydrogens is 332 g/mol. The normalized spacial score (nSPS) is 18.8. The molecule has 2 heterocycles. The molecule has 1 aromatic heterocycles. The molecule has 7 heteroatoms. The summed E-state index contributed by atoms with van der Waals surface area (Å²) >= 11 is 0. The molecule has 3 rings (SSSR count). The SMILES string of the molecule is C=C1Nc2ncnn2[C@H](c2ccc(OCCCC)c(OC)c2)[C@H]1C(C)=O. The van der Waals surface area contributed by atoms with Crippen LogP contribution in [0.15, 0.2) is 36.8 Å². The summed E-state index contributed by atoms with van der Waals surface area (Å²) in [4.78, 5) is 16.5. The maximum atomic E-state index is 12.3. The molecule has 7 nitrogen and oxygen atoms in total. The highest BCUT2D eigenvalue weighted by atomic mass is 16.5. The maximum absolute atomic E-state index is 12.3. The molecule has 2 aromatic rings. The van der Waals surface area contributed by atoms with Crippen molar-refractivity contribution in [2.75, 3.05) is 19.0 Å². The number of allylic oxidation sites excluding steroid dienone is 1. The third kappa shape index (κ3) is 3.29. The lowest BCUT2D eigenvalue weighted by Crippen LogP contribution is -2.36. The number of carbonyl (C=O) groups excluding carboxylic acids is 1. The van der Waals surface area contributed by atoms with Crippen LogP contribution in [0.2, 0.25) is 0 Å². The van der Waals surface area contributed by atoms with E-state index < -0.39 is 5.92 Å². The Hall–Kier alpha value is -2.83. The van der Waals surface area contributed by atoms with Gasteiger partial charge in [0.25, 0.3) is 0 Å². The molecule has 138 valence electrons. The Morgan fingerprint density at radius 2 is 2.19 bits per heavy atom. The van der Waals surface area contributed by atoms with Crippen molar-refractivity contribution in [2.24, 2.45) is 5.92 Å². The maximum Gasteiger partial charge on any atom is 0.226 e. The van der Waals surface area contributed by atoms with Crippen LogP contribution in [0.5, 0.6) is 11.5 Å². The monoisotopic (exact) mass is 356 g/mol. The van der Waals surface area contributed by atoms with Gasteiger partial charge in [0.05, 0.1) is 25.7 Å². The zero-order valence-corrected chi connectivity index (χ0v) is 15.4. The number of benzene rings is 1. The summed E-state index contributed by atoms with van der Waals surface area (Å²) in [6.07, 6.45) is 3.51. The van der Waals surface area contributed by atoms with Crippen molar-refractivity contribution in [1.29, 1.82) is 0 Å². The fourth-order valence-corrected chi connectivity index (χ4v) is 3.21. The number of ketones is 1. The summed E-state index contributed by atoms with van der Waals surface area (Å²) in [6.45, 7) is 8.33. The zero-order chi connectivity index (χ0) is 18.7. The van der Waals surface area contributed by atoms with Crippen LogP contribution in [0, 0.1) is 5.92 Å². The lowest BCUT2D eigenvalue weighted by molar-refractivity contribution is -0.120. The predicted molar refractivity (Wildman–Crippen MR) is 98.5 cm³/mol. The highest BCUT2D eigenvalue weighted by molar-refractivity contribution is 5.83. The summed E-state index contributed by atoms with van der Waals surface area (Å²) < 4.78 is 13.0. The van der Waals surface area contributed by atoms with Gasteiger partial charge >= 0.3 is 0 Å². The number of anilines is 1. The van der Waals surface area contributed by atoms with Crippen molar-refractivity contribution in [3.05, 3.63) is 42.4 Å². The molecule has 1 aliphatic heterocycles. The van der Waals surface area contributed by atoms with Crippen LogP contribution in [0.3, 0.4) is 0 Å². The first-order chi connectivity index (χ1) is 12.6. The van der Waals surface area contributed by atoms with E-state index >= 15 is 0 Å². The Balaban J connectivity index is 2.00. The van der Waals surface area contributed by atoms with Crippen LogP contribution in [-0.2, 0) is 4.79 Å². The van der Waals surface area contributed by atoms with Gasteiger partial charge < -0.3 is 14.8 Å². The van der Waals surface area contributed by atoms with E-state index in [2.05, 4.69) is 28.9 Å². The Bertz CT molecular complexity index is 815. The van der Waals surface area contributed by atoms with Gasteiger partial charge in [0.2, 0.25) is 5.95 Å². The first-order valence-electron chi connectivity index (χ1n) is 8.73. The van der Waals surface area contributed by atoms with Gasteiger partial charge in [0.15, 0.2) is 11.5 Å². The Morgan fingerprint density at radius 1 is 1.38 bits per heavy atom. The van der Waals surface area contributed by atoms with Crippen LogP contribution < -0.4 is 14.8 Å². The van der Waals surface area contributed by atoms with E-state index in [1.807, 2.05) is 18.2 Å². The first kappa shape index (κ1) is 18.0. The molecule has 0 amide bonds. The molecule has 1 aliphatic rings. The average Bonchev–Trinajstić information content (AvgIpc) is 3.08. The summed E-state index contributed by atoms with van der Waals surface area (Å²) in [6, 6.07) is 5.38. The van der Waals surface area contributed by atoms with Crippen LogP contribution >= 0.6 is 0 Å². The lowest BCUT2D eigenvalue weighted by atomic mass is 9.86. The first-order valence-corrected chi connectivity index (χ1v) is 8.73. The van der Waals surface area contributed by atoms with E-state index in [4.69, 9.17) is 9.47 Å². The summed E-state index contributed by atoms with van der Waals surface area (Å²) in [5.74, 6) is 1.46. The number of carbonyl (C=O) groups is 1. The third-order valence-electron chi connectivity index (χ3n) is 4.52. The molecular formula is C19H24N4O3. The molecule has 0 aliphatic carbocycles. The molecule has 0 unspecified atom stereocenters. The van der Waals surface area contributed by atoms with Gasteiger partial charge in [0, 0.05) is 5.70 Å². The van der Waals surface area contributed by atoms with Crippen LogP contribution in [0.4, 0.5) is 5.95 Å². The standard InChI is InChI=1S/C19H24N4O3/c1-5-6-9-26-15-8-7-14(10-16(15)25-4)18-17(13(3)24)12(2)22-19-20-11-21-23(18)19/h7-8,10-11,17-18H,2,5-6,9H2,1,3-4H3,(H,20,21,22)/t17-,18-/m1/s1. The van der Waals surface area contributed by atoms with E-state index in [1.165, 1.54) is 6.33 Å². The number of Topliss-reactive ketones (excluding diaryl/α,β-unsaturated/α-hetero) is 1. The predicted octanol–water partition coefficient (Wildman–Crippen LogP) is 3.20. The second-order valence-corrected chi connectivity index (χ2v) is 6.32. The number of fused-ring (bicyclic) bond motifs is 1. The molecule has 2 atom stereocenters. The van der Waals surface area contributed by atoms with Crippen molar-refractivity contribution in [3.63, 3.8) is 0 Å². The minimum Gasteiger partial charge on any atom is -0.493 e. The highest BCUT2D eigenvalue weighted by Gasteiger charge is 2.37. The Labute approximate surface area is 153 Å². The molecule has 0 spiro atoms. The zero-order valence-electron chi connectivity index (χ0n) is 15.4. The quantitative estimate of drug-likeness (QED) is 0.768. The average molecular weight is 356 g/mol. The van der Waals surface area contributed by atoms with Gasteiger partial charge in [-0.05, 0) is 31.0 Å². The van der Waals surface area contributed by atoms with Crippen molar-refractivity contribution >= 4 is 11.7 Å². The molecule has 1 aromatic carbocycles. The number of unbranched alkanes of at least 4 members (excludes halogenated alkanes) is 1. The van der Waals surface area contributed by atoms with E-state index in [0.29, 0.717) is 29.8 Å². The lowest BCUT2D eigenvalue weighted by Gasteiger charge is -2.33. The minimum absolute atomic E-state index is 0.0101. The largest absolute Gasteiger partial charge is 0.493 e. The third-order valence-corrected chi connectivity index (χ3v) is 4.52. The molecule has 0 fully saturated rings. The van der Waals surface area contributed by atoms with Crippen LogP contribution in [-0.4, -0.2) is 34.3 Å². The van der Waals surface area contributed by atoms with E-state index in [-0.39, 0.29) is 11.8 Å². The fourth-order valence-electron chi connectivity index (χ4n) is 3.21. The molecule has 0 radical (unpaired) electrons. The van der Waals surface area contributed by atoms with Crippen LogP contribution in [0.25, 0.3) is 0 Å². The molecule has 0 saturated heterocycles. The smallest absolute Gasteiger partial charge is 0.226 e. The molecule has 1 N–H and O–H groups in total. The number of hydrogen-bond acceptors (Lipinski definition) is 6. The number of aromatic nitrogens is 3. The van der Waals surface area contributed by atoms with E-state index in [0.717, 1.165) is 18.4 Å². The number of rotatable bonds is 7. The van der Waals surface area contributed by atoms with Gasteiger partial charge in [-0.1, -0.05) is 26.0 Å². The van der Waals surface area contributed by atoms with Gasteiger partial charge in [-0.3, -0.25) is 4.79 Å². The number of hydrogen-bond donors (Lipinski definition) is 1. The van der Waals surface area contributed by atoms with Crippen molar-refractivity contribution in [1.82, 2.24) is 14.8 Å². The van der Waals surface area contributed by atoms with Crippen molar-refractivity contribution in [3.8, 4) is 11.5 Å². The second kappa shape index (κ2) is 7.59.